The quantitative estimate of drug-likeness (QED) is 0.779. The number of rotatable bonds is 1. The van der Waals surface area contributed by atoms with E-state index >= 15 is 0 Å². The van der Waals surface area contributed by atoms with E-state index in [0.717, 1.165) is 0 Å². The predicted molar refractivity (Wildman–Crippen MR) is 60.9 cm³/mol. The Bertz CT molecular complexity index is 379. The highest BCUT2D eigenvalue weighted by molar-refractivity contribution is 5.82. The van der Waals surface area contributed by atoms with Crippen molar-refractivity contribution in [2.75, 3.05) is 0 Å². The van der Waals surface area contributed by atoms with E-state index in [0.29, 0.717) is 6.42 Å². The molecule has 2 aliphatic rings. The molecule has 5 nitrogen and oxygen atoms in total. The number of aliphatic carboxylic acids is 1. The van der Waals surface area contributed by atoms with Crippen LogP contribution in [0.25, 0.3) is 0 Å². The maximum Gasteiger partial charge on any atom is 0.411 e. The number of hydrogen-bond acceptors (Lipinski definition) is 3. The van der Waals surface area contributed by atoms with Crippen LogP contribution in [0.2, 0.25) is 0 Å². The van der Waals surface area contributed by atoms with Gasteiger partial charge in [0.15, 0.2) is 0 Å². The van der Waals surface area contributed by atoms with Gasteiger partial charge in [-0.05, 0) is 33.6 Å². The molecule has 2 bridgehead atoms. The van der Waals surface area contributed by atoms with Gasteiger partial charge in [-0.15, -0.1) is 0 Å². The molecular weight excluding hydrogens is 241 g/mol. The summed E-state index contributed by atoms with van der Waals surface area (Å²) in [6, 6.07) is -1.44. The van der Waals surface area contributed by atoms with Gasteiger partial charge in [0.05, 0.1) is 0 Å². The number of piperidine rings is 1. The van der Waals surface area contributed by atoms with E-state index in [1.165, 1.54) is 4.90 Å². The highest BCUT2D eigenvalue weighted by Gasteiger charge is 2.57. The monoisotopic (exact) mass is 259 g/mol. The van der Waals surface area contributed by atoms with Crippen LogP contribution in [0.5, 0.6) is 0 Å². The second kappa shape index (κ2) is 4.10. The molecule has 1 amide bonds. The highest BCUT2D eigenvalue weighted by atomic mass is 19.1. The summed E-state index contributed by atoms with van der Waals surface area (Å²) < 4.78 is 18.8. The third-order valence-electron chi connectivity index (χ3n) is 3.46. The predicted octanol–water partition coefficient (Wildman–Crippen LogP) is 1.81. The number of fused-ring (bicyclic) bond motifs is 2. The van der Waals surface area contributed by atoms with Gasteiger partial charge in [-0.2, -0.15) is 0 Å². The van der Waals surface area contributed by atoms with Gasteiger partial charge in [0.25, 0.3) is 0 Å². The first-order valence-corrected chi connectivity index (χ1v) is 6.09. The van der Waals surface area contributed by atoms with Gasteiger partial charge in [-0.25, -0.2) is 14.0 Å². The Morgan fingerprint density at radius 3 is 2.44 bits per heavy atom. The number of likely N-dealkylation sites (tertiary alicyclic amines) is 1. The van der Waals surface area contributed by atoms with Crippen LogP contribution in [0.15, 0.2) is 0 Å². The number of hydrogen-bond donors (Lipinski definition) is 1. The zero-order valence-electron chi connectivity index (χ0n) is 10.7. The van der Waals surface area contributed by atoms with Gasteiger partial charge < -0.3 is 9.84 Å². The van der Waals surface area contributed by atoms with Crippen LogP contribution in [0.1, 0.15) is 33.6 Å². The van der Waals surface area contributed by atoms with Gasteiger partial charge in [-0.3, -0.25) is 4.90 Å². The summed E-state index contributed by atoms with van der Waals surface area (Å²) in [5.74, 6) is -1.75. The fourth-order valence-electron chi connectivity index (χ4n) is 2.86. The molecule has 0 aromatic rings. The maximum absolute atomic E-state index is 13.6. The molecule has 0 radical (unpaired) electrons. The molecule has 18 heavy (non-hydrogen) atoms. The lowest BCUT2D eigenvalue weighted by atomic mass is 9.97. The molecule has 1 aliphatic carbocycles. The Morgan fingerprint density at radius 2 is 1.94 bits per heavy atom. The summed E-state index contributed by atoms with van der Waals surface area (Å²) in [5.41, 5.74) is -0.683. The van der Waals surface area contributed by atoms with Gasteiger partial charge in [-0.1, -0.05) is 0 Å². The van der Waals surface area contributed by atoms with Gasteiger partial charge in [0.2, 0.25) is 0 Å². The SMILES string of the molecule is CC(C)(C)OC(=O)N1[C@@H]2C[C@@H]([C@@H](F)C2)[C@@H]1C(=O)O. The molecule has 0 spiro atoms. The van der Waals surface area contributed by atoms with Crippen molar-refractivity contribution < 1.29 is 23.8 Å². The first-order chi connectivity index (χ1) is 8.20. The Balaban J connectivity index is 2.17. The van der Waals surface area contributed by atoms with E-state index in [9.17, 15) is 14.0 Å². The van der Waals surface area contributed by atoms with E-state index in [1.807, 2.05) is 0 Å². The summed E-state index contributed by atoms with van der Waals surface area (Å²) in [7, 11) is 0. The molecule has 1 aliphatic heterocycles. The standard InChI is InChI=1S/C12H18FNO4/c1-12(2,3)18-11(17)14-6-4-7(8(13)5-6)9(14)10(15)16/h6-9H,4-5H2,1-3H3,(H,15,16)/t6-,7+,8+,9-/m1/s1. The zero-order chi connectivity index (χ0) is 13.7. The number of nitrogens with zero attached hydrogens (tertiary/aromatic N) is 1. The summed E-state index contributed by atoms with van der Waals surface area (Å²) in [6.45, 7) is 5.15. The van der Waals surface area contributed by atoms with Crippen molar-refractivity contribution >= 4 is 12.1 Å². The molecular formula is C12H18FNO4. The van der Waals surface area contributed by atoms with Crippen molar-refractivity contribution in [1.29, 1.82) is 0 Å². The lowest BCUT2D eigenvalue weighted by Gasteiger charge is -2.35. The zero-order valence-corrected chi connectivity index (χ0v) is 10.7. The largest absolute Gasteiger partial charge is 0.480 e. The molecule has 0 aromatic carbocycles. The Kier molecular flexibility index (Phi) is 2.99. The molecule has 2 fully saturated rings. The average molecular weight is 259 g/mol. The minimum Gasteiger partial charge on any atom is -0.480 e. The van der Waals surface area contributed by atoms with Crippen molar-refractivity contribution in [2.45, 2.75) is 57.5 Å². The number of carbonyl (C=O) groups excluding carboxylic acids is 1. The number of carbonyl (C=O) groups is 2. The molecule has 1 N–H and O–H groups in total. The number of ether oxygens (including phenoxy) is 1. The van der Waals surface area contributed by atoms with Crippen molar-refractivity contribution in [2.24, 2.45) is 5.92 Å². The summed E-state index contributed by atoms with van der Waals surface area (Å²) in [5, 5.41) is 9.15. The van der Waals surface area contributed by atoms with Crippen molar-refractivity contribution in [3.8, 4) is 0 Å². The van der Waals surface area contributed by atoms with E-state index in [1.54, 1.807) is 20.8 Å². The van der Waals surface area contributed by atoms with Crippen molar-refractivity contribution in [3.05, 3.63) is 0 Å². The van der Waals surface area contributed by atoms with Crippen molar-refractivity contribution in [1.82, 2.24) is 4.90 Å². The van der Waals surface area contributed by atoms with Crippen LogP contribution >= 0.6 is 0 Å². The lowest BCUT2D eigenvalue weighted by Crippen LogP contribution is -2.53. The molecule has 0 unspecified atom stereocenters. The summed E-state index contributed by atoms with van der Waals surface area (Å²) in [4.78, 5) is 24.4. The van der Waals surface area contributed by atoms with Crippen LogP contribution in [0, 0.1) is 5.92 Å². The third-order valence-corrected chi connectivity index (χ3v) is 3.46. The number of amides is 1. The Hall–Kier alpha value is -1.33. The number of carboxylic acids is 1. The van der Waals surface area contributed by atoms with Gasteiger partial charge in [0, 0.05) is 12.0 Å². The second-order valence-electron chi connectivity index (χ2n) is 5.98. The molecule has 4 atom stereocenters. The molecule has 1 saturated carbocycles. The molecule has 0 aromatic heterocycles. The first kappa shape index (κ1) is 13.1. The number of halogens is 1. The van der Waals surface area contributed by atoms with E-state index in [-0.39, 0.29) is 12.5 Å². The fraction of sp³-hybridized carbons (Fsp3) is 0.833. The lowest BCUT2D eigenvalue weighted by molar-refractivity contribution is -0.146. The number of carboxylic acid groups (broad SMARTS) is 1. The Morgan fingerprint density at radius 1 is 1.33 bits per heavy atom. The van der Waals surface area contributed by atoms with Gasteiger partial charge in [0.1, 0.15) is 17.8 Å². The molecule has 1 heterocycles. The molecule has 6 heteroatoms. The highest BCUT2D eigenvalue weighted by Crippen LogP contribution is 2.44. The average Bonchev–Trinajstić information content (AvgIpc) is 2.69. The van der Waals surface area contributed by atoms with Crippen LogP contribution in [0.4, 0.5) is 9.18 Å². The van der Waals surface area contributed by atoms with Crippen LogP contribution in [-0.4, -0.2) is 45.9 Å². The summed E-state index contributed by atoms with van der Waals surface area (Å²) >= 11 is 0. The second-order valence-corrected chi connectivity index (χ2v) is 5.98. The fourth-order valence-corrected chi connectivity index (χ4v) is 2.86. The van der Waals surface area contributed by atoms with Gasteiger partial charge >= 0.3 is 12.1 Å². The molecule has 2 rings (SSSR count). The Labute approximate surface area is 105 Å². The smallest absolute Gasteiger partial charge is 0.411 e. The first-order valence-electron chi connectivity index (χ1n) is 6.09. The maximum atomic E-state index is 13.6. The van der Waals surface area contributed by atoms with E-state index in [2.05, 4.69) is 0 Å². The third kappa shape index (κ3) is 2.15. The van der Waals surface area contributed by atoms with Crippen LogP contribution < -0.4 is 0 Å². The van der Waals surface area contributed by atoms with Crippen LogP contribution in [0.3, 0.4) is 0 Å². The van der Waals surface area contributed by atoms with E-state index < -0.39 is 35.8 Å². The minimum absolute atomic E-state index is 0.216. The normalized spacial score (nSPS) is 34.8. The minimum atomic E-state index is -1.16. The molecule has 102 valence electrons. The number of alkyl halides is 1. The van der Waals surface area contributed by atoms with E-state index in [4.69, 9.17) is 9.84 Å². The summed E-state index contributed by atoms with van der Waals surface area (Å²) in [6.07, 6.45) is -1.16. The topological polar surface area (TPSA) is 66.8 Å². The van der Waals surface area contributed by atoms with Crippen molar-refractivity contribution in [3.63, 3.8) is 0 Å². The molecule has 1 saturated heterocycles. The van der Waals surface area contributed by atoms with Crippen LogP contribution in [-0.2, 0) is 9.53 Å².